The van der Waals surface area contributed by atoms with Gasteiger partial charge in [-0.15, -0.1) is 0 Å². The lowest BCUT2D eigenvalue weighted by molar-refractivity contribution is 0.0952. The molecule has 1 heterocycles. The van der Waals surface area contributed by atoms with Crippen LogP contribution >= 0.6 is 0 Å². The Bertz CT molecular complexity index is 1120. The molecule has 0 spiro atoms. The van der Waals surface area contributed by atoms with E-state index >= 15 is 0 Å². The number of benzene rings is 2. The van der Waals surface area contributed by atoms with Crippen molar-refractivity contribution in [3.05, 3.63) is 83.8 Å². The minimum Gasteiger partial charge on any atom is -0.496 e. The number of carbonyl (C=O) groups excluding carboxylic acids is 1. The molecule has 1 saturated carbocycles. The Morgan fingerprint density at radius 1 is 1.11 bits per heavy atom. The van der Waals surface area contributed by atoms with Crippen molar-refractivity contribution < 1.29 is 13.9 Å². The van der Waals surface area contributed by atoms with Crippen molar-refractivity contribution >= 4 is 5.91 Å². The molecule has 3 aromatic rings. The number of carbonyl (C=O) groups is 1. The largest absolute Gasteiger partial charge is 0.496 e. The van der Waals surface area contributed by atoms with Gasteiger partial charge in [0.2, 0.25) is 0 Å². The van der Waals surface area contributed by atoms with Crippen LogP contribution in [-0.2, 0) is 0 Å². The number of ether oxygens (including phenoxy) is 1. The summed E-state index contributed by atoms with van der Waals surface area (Å²) in [6.45, 7) is 5.94. The van der Waals surface area contributed by atoms with Gasteiger partial charge in [0.25, 0.3) is 5.91 Å². The number of hydrogen-bond acceptors (Lipinski definition) is 4. The number of unbranched alkanes of at least 4 members (excludes halogenated alkanes) is 1. The summed E-state index contributed by atoms with van der Waals surface area (Å²) in [7, 11) is 1.65. The lowest BCUT2D eigenvalue weighted by atomic mass is 10.1. The first-order chi connectivity index (χ1) is 17.6. The summed E-state index contributed by atoms with van der Waals surface area (Å²) < 4.78 is 19.2. The second kappa shape index (κ2) is 12.6. The third-order valence-electron chi connectivity index (χ3n) is 6.84. The van der Waals surface area contributed by atoms with Crippen molar-refractivity contribution in [2.24, 2.45) is 5.92 Å². The first kappa shape index (κ1) is 25.8. The quantitative estimate of drug-likeness (QED) is 0.303. The van der Waals surface area contributed by atoms with Gasteiger partial charge in [-0.2, -0.15) is 0 Å². The molecule has 0 radical (unpaired) electrons. The van der Waals surface area contributed by atoms with Gasteiger partial charge in [0.05, 0.1) is 12.8 Å². The van der Waals surface area contributed by atoms with Crippen molar-refractivity contribution in [1.82, 2.24) is 15.2 Å². The highest BCUT2D eigenvalue weighted by Gasteiger charge is 2.40. The predicted molar refractivity (Wildman–Crippen MR) is 142 cm³/mol. The van der Waals surface area contributed by atoms with E-state index in [1.54, 1.807) is 25.4 Å². The zero-order valence-electron chi connectivity index (χ0n) is 21.3. The molecule has 1 aromatic heterocycles. The molecular weight excluding hydrogens is 453 g/mol. The maximum absolute atomic E-state index is 13.8. The van der Waals surface area contributed by atoms with E-state index in [2.05, 4.69) is 22.1 Å². The molecule has 1 aliphatic carbocycles. The Morgan fingerprint density at radius 2 is 1.94 bits per heavy atom. The minimum absolute atomic E-state index is 0.0437. The average Bonchev–Trinajstić information content (AvgIpc) is 3.68. The van der Waals surface area contributed by atoms with Crippen LogP contribution in [0.1, 0.15) is 54.4 Å². The molecule has 36 heavy (non-hydrogen) atoms. The number of hydrogen-bond donors (Lipinski definition) is 1. The van der Waals surface area contributed by atoms with E-state index in [4.69, 9.17) is 4.74 Å². The predicted octanol–water partition coefficient (Wildman–Crippen LogP) is 5.92. The minimum atomic E-state index is -0.201. The summed E-state index contributed by atoms with van der Waals surface area (Å²) >= 11 is 0. The number of amides is 1. The Labute approximate surface area is 213 Å². The first-order valence-corrected chi connectivity index (χ1v) is 12.9. The summed E-state index contributed by atoms with van der Waals surface area (Å²) in [6, 6.07) is 18.2. The van der Waals surface area contributed by atoms with Gasteiger partial charge in [0.15, 0.2) is 0 Å². The van der Waals surface area contributed by atoms with Crippen LogP contribution in [0.3, 0.4) is 0 Å². The maximum Gasteiger partial charge on any atom is 0.251 e. The fraction of sp³-hybridized carbons (Fsp3) is 0.400. The van der Waals surface area contributed by atoms with E-state index in [-0.39, 0.29) is 11.7 Å². The van der Waals surface area contributed by atoms with Crippen molar-refractivity contribution in [3.63, 3.8) is 0 Å². The fourth-order valence-corrected chi connectivity index (χ4v) is 4.86. The number of rotatable bonds is 13. The van der Waals surface area contributed by atoms with Gasteiger partial charge in [0.1, 0.15) is 11.6 Å². The Balaban J connectivity index is 1.18. The van der Waals surface area contributed by atoms with Crippen LogP contribution in [0.5, 0.6) is 5.75 Å². The maximum atomic E-state index is 13.8. The van der Waals surface area contributed by atoms with Crippen LogP contribution in [0.25, 0.3) is 11.3 Å². The summed E-state index contributed by atoms with van der Waals surface area (Å²) in [5.74, 6) is 1.46. The van der Waals surface area contributed by atoms with E-state index in [1.807, 2.05) is 42.5 Å². The lowest BCUT2D eigenvalue weighted by Gasteiger charge is -2.22. The smallest absolute Gasteiger partial charge is 0.251 e. The van der Waals surface area contributed by atoms with Crippen LogP contribution in [-0.4, -0.2) is 49.1 Å². The van der Waals surface area contributed by atoms with Gasteiger partial charge >= 0.3 is 0 Å². The van der Waals surface area contributed by atoms with Gasteiger partial charge in [-0.25, -0.2) is 4.39 Å². The Morgan fingerprint density at radius 3 is 2.67 bits per heavy atom. The van der Waals surface area contributed by atoms with Gasteiger partial charge < -0.3 is 15.0 Å². The van der Waals surface area contributed by atoms with E-state index in [9.17, 15) is 9.18 Å². The highest BCUT2D eigenvalue weighted by Crippen LogP contribution is 2.50. The molecule has 1 N–H and O–H groups in total. The number of nitrogens with one attached hydrogen (secondary N) is 1. The molecule has 4 rings (SSSR count). The normalized spacial score (nSPS) is 16.7. The standard InChI is InChI=1S/C30H36FN3O2/c1-3-17-34(21-24-19-26(24)27-20-25(31)13-14-29(27)36-2)18-7-6-16-33-30(35)23-11-9-22(10-12-23)28-8-4-5-15-32-28/h4-5,8-15,20,24,26H,3,6-7,16-19,21H2,1-2H3,(H,33,35)/t24-,26+/m0/s1. The number of aromatic nitrogens is 1. The molecule has 1 amide bonds. The number of pyridine rings is 1. The van der Waals surface area contributed by atoms with Crippen LogP contribution in [0.15, 0.2) is 66.9 Å². The van der Waals surface area contributed by atoms with Gasteiger partial charge in [-0.05, 0) is 93.1 Å². The highest BCUT2D eigenvalue weighted by atomic mass is 19.1. The van der Waals surface area contributed by atoms with E-state index in [0.717, 1.165) is 67.9 Å². The van der Waals surface area contributed by atoms with Crippen molar-refractivity contribution in [3.8, 4) is 17.0 Å². The molecule has 0 saturated heterocycles. The monoisotopic (exact) mass is 489 g/mol. The molecule has 5 nitrogen and oxygen atoms in total. The summed E-state index contributed by atoms with van der Waals surface area (Å²) in [6.07, 6.45) is 5.91. The summed E-state index contributed by atoms with van der Waals surface area (Å²) in [5.41, 5.74) is 3.55. The summed E-state index contributed by atoms with van der Waals surface area (Å²) in [4.78, 5) is 19.4. The van der Waals surface area contributed by atoms with Gasteiger partial charge in [-0.1, -0.05) is 25.1 Å². The molecule has 2 aromatic carbocycles. The highest BCUT2D eigenvalue weighted by molar-refractivity contribution is 5.94. The SMILES string of the molecule is CCCN(CCCCNC(=O)c1ccc(-c2ccccn2)cc1)C[C@@H]1C[C@H]1c1cc(F)ccc1OC. The number of methoxy groups -OCH3 is 1. The van der Waals surface area contributed by atoms with E-state index in [1.165, 1.54) is 6.07 Å². The molecular formula is C30H36FN3O2. The van der Waals surface area contributed by atoms with Crippen LogP contribution in [0.4, 0.5) is 4.39 Å². The third kappa shape index (κ3) is 6.91. The summed E-state index contributed by atoms with van der Waals surface area (Å²) in [5, 5.41) is 3.04. The molecule has 0 unspecified atom stereocenters. The molecule has 1 fully saturated rings. The number of halogens is 1. The van der Waals surface area contributed by atoms with Crippen LogP contribution < -0.4 is 10.1 Å². The van der Waals surface area contributed by atoms with E-state index in [0.29, 0.717) is 23.9 Å². The van der Waals surface area contributed by atoms with Gasteiger partial charge in [0, 0.05) is 36.0 Å². The molecule has 0 bridgehead atoms. The Kier molecular flexibility index (Phi) is 9.06. The first-order valence-electron chi connectivity index (χ1n) is 12.9. The zero-order chi connectivity index (χ0) is 25.3. The third-order valence-corrected chi connectivity index (χ3v) is 6.84. The molecule has 2 atom stereocenters. The second-order valence-corrected chi connectivity index (χ2v) is 9.54. The lowest BCUT2D eigenvalue weighted by Crippen LogP contribution is -2.29. The van der Waals surface area contributed by atoms with Crippen molar-refractivity contribution in [2.75, 3.05) is 33.3 Å². The van der Waals surface area contributed by atoms with Crippen molar-refractivity contribution in [1.29, 1.82) is 0 Å². The van der Waals surface area contributed by atoms with Crippen LogP contribution in [0, 0.1) is 11.7 Å². The van der Waals surface area contributed by atoms with E-state index < -0.39 is 0 Å². The Hall–Kier alpha value is -3.25. The van der Waals surface area contributed by atoms with Crippen molar-refractivity contribution in [2.45, 2.75) is 38.5 Å². The second-order valence-electron chi connectivity index (χ2n) is 9.54. The molecule has 1 aliphatic rings. The zero-order valence-corrected chi connectivity index (χ0v) is 21.3. The fourth-order valence-electron chi connectivity index (χ4n) is 4.86. The molecule has 0 aliphatic heterocycles. The van der Waals surface area contributed by atoms with Crippen LogP contribution in [0.2, 0.25) is 0 Å². The average molecular weight is 490 g/mol. The topological polar surface area (TPSA) is 54.5 Å². The molecule has 190 valence electrons. The number of nitrogens with zero attached hydrogens (tertiary/aromatic N) is 2. The van der Waals surface area contributed by atoms with Gasteiger partial charge in [-0.3, -0.25) is 9.78 Å². The molecule has 6 heteroatoms.